The van der Waals surface area contributed by atoms with Gasteiger partial charge < -0.3 is 5.32 Å². The minimum absolute atomic E-state index is 0.105. The molecule has 0 saturated heterocycles. The van der Waals surface area contributed by atoms with Crippen LogP contribution in [0.2, 0.25) is 0 Å². The fourth-order valence-corrected chi connectivity index (χ4v) is 5.50. The van der Waals surface area contributed by atoms with Gasteiger partial charge in [-0.25, -0.2) is 13.4 Å². The fraction of sp³-hybridized carbons (Fsp3) is 0.304. The molecule has 3 rings (SSSR count). The number of aromatic nitrogens is 1. The van der Waals surface area contributed by atoms with E-state index in [0.29, 0.717) is 18.1 Å². The number of pyridine rings is 1. The second-order valence-corrected chi connectivity index (χ2v) is 10.0. The Morgan fingerprint density at radius 1 is 1.06 bits per heavy atom. The molecule has 1 unspecified atom stereocenters. The van der Waals surface area contributed by atoms with Crippen molar-refractivity contribution in [3.63, 3.8) is 0 Å². The first-order chi connectivity index (χ1) is 14.9. The minimum atomic E-state index is -3.53. The Morgan fingerprint density at radius 2 is 1.77 bits per heavy atom. The number of fused-ring (bicyclic) bond motifs is 1. The molecule has 0 fully saturated rings. The highest BCUT2D eigenvalue weighted by atomic mass is 32.2. The van der Waals surface area contributed by atoms with Gasteiger partial charge in [0.15, 0.2) is 0 Å². The normalized spacial score (nSPS) is 12.8. The van der Waals surface area contributed by atoms with Gasteiger partial charge in [0, 0.05) is 19.3 Å². The first-order valence-electron chi connectivity index (χ1n) is 10.2. The van der Waals surface area contributed by atoms with E-state index in [9.17, 15) is 13.2 Å². The third-order valence-electron chi connectivity index (χ3n) is 5.07. The zero-order chi connectivity index (χ0) is 22.4. The van der Waals surface area contributed by atoms with Gasteiger partial charge in [0.2, 0.25) is 15.9 Å². The molecule has 0 saturated carbocycles. The van der Waals surface area contributed by atoms with Crippen LogP contribution in [0.1, 0.15) is 32.4 Å². The summed E-state index contributed by atoms with van der Waals surface area (Å²) < 4.78 is 26.5. The molecule has 1 N–H and O–H groups in total. The number of nitrogens with one attached hydrogen (secondary N) is 1. The molecule has 164 valence electrons. The van der Waals surface area contributed by atoms with Crippen LogP contribution < -0.4 is 5.32 Å². The van der Waals surface area contributed by atoms with Gasteiger partial charge in [0.05, 0.1) is 16.8 Å². The zero-order valence-electron chi connectivity index (χ0n) is 17.9. The second-order valence-electron chi connectivity index (χ2n) is 7.07. The summed E-state index contributed by atoms with van der Waals surface area (Å²) in [5, 5.41) is 5.90. The third kappa shape index (κ3) is 5.44. The molecule has 8 heteroatoms. The molecular weight excluding hydrogens is 430 g/mol. The maximum Gasteiger partial charge on any atom is 0.244 e. The van der Waals surface area contributed by atoms with Crippen LogP contribution in [0.15, 0.2) is 70.7 Å². The Balaban J connectivity index is 1.61. The SMILES string of the molecule is CCN(CC)S(=O)(=O)c1ccc(SCC(=O)NC(C)c2cccc3ccccc23)nc1. The molecule has 1 atom stereocenters. The molecule has 1 aromatic heterocycles. The van der Waals surface area contributed by atoms with Gasteiger partial charge in [0.25, 0.3) is 0 Å². The standard InChI is InChI=1S/C23H27N3O3S2/c1-4-26(5-2)31(28,29)19-13-14-23(24-15-19)30-16-22(27)25-17(3)20-12-8-10-18-9-6-7-11-21(18)20/h6-15,17H,4-5,16H2,1-3H3,(H,25,27). The molecule has 0 bridgehead atoms. The maximum absolute atomic E-state index is 12.5. The summed E-state index contributed by atoms with van der Waals surface area (Å²) >= 11 is 1.28. The van der Waals surface area contributed by atoms with E-state index in [2.05, 4.69) is 28.5 Å². The van der Waals surface area contributed by atoms with Gasteiger partial charge in [-0.05, 0) is 35.4 Å². The van der Waals surface area contributed by atoms with Crippen molar-refractivity contribution in [1.29, 1.82) is 0 Å². The number of thioether (sulfide) groups is 1. The number of benzene rings is 2. The molecule has 6 nitrogen and oxygen atoms in total. The van der Waals surface area contributed by atoms with Crippen molar-refractivity contribution in [1.82, 2.24) is 14.6 Å². The molecule has 31 heavy (non-hydrogen) atoms. The number of carbonyl (C=O) groups is 1. The number of hydrogen-bond acceptors (Lipinski definition) is 5. The molecule has 1 heterocycles. The summed E-state index contributed by atoms with van der Waals surface area (Å²) in [4.78, 5) is 16.9. The molecular formula is C23H27N3O3S2. The van der Waals surface area contributed by atoms with Gasteiger partial charge in [-0.2, -0.15) is 4.31 Å². The summed E-state index contributed by atoms with van der Waals surface area (Å²) in [5.74, 6) is 0.0941. The predicted octanol–water partition coefficient (Wildman–Crippen LogP) is 4.23. The average Bonchev–Trinajstić information content (AvgIpc) is 2.78. The van der Waals surface area contributed by atoms with E-state index in [4.69, 9.17) is 0 Å². The maximum atomic E-state index is 12.5. The number of nitrogens with zero attached hydrogens (tertiary/aromatic N) is 2. The van der Waals surface area contributed by atoms with Crippen LogP contribution in [0.25, 0.3) is 10.8 Å². The van der Waals surface area contributed by atoms with Crippen LogP contribution in [-0.2, 0) is 14.8 Å². The van der Waals surface area contributed by atoms with Crippen molar-refractivity contribution < 1.29 is 13.2 Å². The predicted molar refractivity (Wildman–Crippen MR) is 126 cm³/mol. The Bertz CT molecular complexity index is 1140. The number of rotatable bonds is 9. The Kier molecular flexibility index (Phi) is 7.69. The number of sulfonamides is 1. The van der Waals surface area contributed by atoms with E-state index in [1.807, 2.05) is 31.2 Å². The quantitative estimate of drug-likeness (QED) is 0.486. The van der Waals surface area contributed by atoms with E-state index in [1.54, 1.807) is 26.0 Å². The summed E-state index contributed by atoms with van der Waals surface area (Å²) in [6.07, 6.45) is 1.35. The largest absolute Gasteiger partial charge is 0.349 e. The van der Waals surface area contributed by atoms with Gasteiger partial charge in [0.1, 0.15) is 4.90 Å². The summed E-state index contributed by atoms with van der Waals surface area (Å²) in [5.41, 5.74) is 1.07. The number of amides is 1. The van der Waals surface area contributed by atoms with Crippen LogP contribution in [0.4, 0.5) is 0 Å². The molecule has 2 aromatic carbocycles. The first kappa shape index (κ1) is 23.2. The molecule has 0 radical (unpaired) electrons. The highest BCUT2D eigenvalue weighted by Crippen LogP contribution is 2.24. The van der Waals surface area contributed by atoms with Gasteiger partial charge in [-0.3, -0.25) is 4.79 Å². The Hall–Kier alpha value is -2.42. The van der Waals surface area contributed by atoms with Crippen molar-refractivity contribution in [2.45, 2.75) is 36.7 Å². The topological polar surface area (TPSA) is 79.4 Å². The van der Waals surface area contributed by atoms with Gasteiger partial charge in [-0.15, -0.1) is 0 Å². The van der Waals surface area contributed by atoms with Crippen LogP contribution in [-0.4, -0.2) is 42.5 Å². The minimum Gasteiger partial charge on any atom is -0.349 e. The van der Waals surface area contributed by atoms with Crippen LogP contribution in [0.3, 0.4) is 0 Å². The smallest absolute Gasteiger partial charge is 0.244 e. The lowest BCUT2D eigenvalue weighted by Crippen LogP contribution is -2.30. The van der Waals surface area contributed by atoms with Crippen molar-refractivity contribution in [2.24, 2.45) is 0 Å². The number of hydrogen-bond donors (Lipinski definition) is 1. The molecule has 0 aliphatic rings. The van der Waals surface area contributed by atoms with Gasteiger partial charge in [-0.1, -0.05) is 68.1 Å². The second kappa shape index (κ2) is 10.3. The van der Waals surface area contributed by atoms with E-state index in [0.717, 1.165) is 16.3 Å². The van der Waals surface area contributed by atoms with Crippen molar-refractivity contribution in [3.05, 3.63) is 66.4 Å². The van der Waals surface area contributed by atoms with Crippen molar-refractivity contribution in [2.75, 3.05) is 18.8 Å². The van der Waals surface area contributed by atoms with Gasteiger partial charge >= 0.3 is 0 Å². The fourth-order valence-electron chi connectivity index (χ4n) is 3.45. The first-order valence-corrected chi connectivity index (χ1v) is 12.7. The molecule has 0 aliphatic heterocycles. The average molecular weight is 458 g/mol. The lowest BCUT2D eigenvalue weighted by atomic mass is 10.00. The van der Waals surface area contributed by atoms with E-state index >= 15 is 0 Å². The lowest BCUT2D eigenvalue weighted by molar-refractivity contribution is -0.119. The van der Waals surface area contributed by atoms with E-state index in [1.165, 1.54) is 22.3 Å². The third-order valence-corrected chi connectivity index (χ3v) is 8.05. The molecule has 1 amide bonds. The highest BCUT2D eigenvalue weighted by molar-refractivity contribution is 7.99. The van der Waals surface area contributed by atoms with E-state index < -0.39 is 10.0 Å². The van der Waals surface area contributed by atoms with Crippen molar-refractivity contribution >= 4 is 38.5 Å². The zero-order valence-corrected chi connectivity index (χ0v) is 19.5. The Labute approximate surface area is 188 Å². The molecule has 3 aromatic rings. The lowest BCUT2D eigenvalue weighted by Gasteiger charge is -2.18. The molecule has 0 aliphatic carbocycles. The summed E-state index contributed by atoms with van der Waals surface area (Å²) in [6.45, 7) is 6.39. The van der Waals surface area contributed by atoms with Crippen LogP contribution in [0, 0.1) is 0 Å². The molecule has 0 spiro atoms. The monoisotopic (exact) mass is 457 g/mol. The van der Waals surface area contributed by atoms with E-state index in [-0.39, 0.29) is 22.6 Å². The summed E-state index contributed by atoms with van der Waals surface area (Å²) in [7, 11) is -3.53. The van der Waals surface area contributed by atoms with Crippen molar-refractivity contribution in [3.8, 4) is 0 Å². The number of carbonyl (C=O) groups excluding carboxylic acids is 1. The highest BCUT2D eigenvalue weighted by Gasteiger charge is 2.22. The van der Waals surface area contributed by atoms with Crippen LogP contribution >= 0.6 is 11.8 Å². The van der Waals surface area contributed by atoms with Crippen LogP contribution in [0.5, 0.6) is 0 Å². The Morgan fingerprint density at radius 3 is 2.45 bits per heavy atom. The summed E-state index contributed by atoms with van der Waals surface area (Å²) in [6, 6.07) is 17.2.